The number of rotatable bonds is 2. The average Bonchev–Trinajstić information content (AvgIpc) is 2.47. The van der Waals surface area contributed by atoms with Crippen LogP contribution in [0.5, 0.6) is 0 Å². The summed E-state index contributed by atoms with van der Waals surface area (Å²) in [5.41, 5.74) is 8.18. The first kappa shape index (κ1) is 13.0. The Morgan fingerprint density at radius 3 is 2.85 bits per heavy atom. The average molecular weight is 271 g/mol. The van der Waals surface area contributed by atoms with E-state index in [1.165, 1.54) is 0 Å². The number of morpholine rings is 1. The van der Waals surface area contributed by atoms with E-state index in [0.29, 0.717) is 0 Å². The minimum Gasteiger partial charge on any atom is -0.371 e. The normalized spacial score (nSPS) is 19.9. The zero-order valence-corrected chi connectivity index (χ0v) is 11.4. The second-order valence-corrected chi connectivity index (χ2v) is 4.90. The summed E-state index contributed by atoms with van der Waals surface area (Å²) in [6, 6.07) is 5.77. The largest absolute Gasteiger partial charge is 0.371 e. The van der Waals surface area contributed by atoms with E-state index in [0.717, 1.165) is 36.6 Å². The van der Waals surface area contributed by atoms with Crippen LogP contribution in [0.1, 0.15) is 11.7 Å². The maximum absolute atomic E-state index is 5.77. The number of hydrogen-bond acceptors (Lipinski definition) is 6. The van der Waals surface area contributed by atoms with Crippen molar-refractivity contribution in [2.45, 2.75) is 6.10 Å². The highest BCUT2D eigenvalue weighted by Crippen LogP contribution is 2.23. The zero-order valence-electron chi connectivity index (χ0n) is 11.4. The third kappa shape index (κ3) is 2.76. The molecule has 104 valence electrons. The van der Waals surface area contributed by atoms with Crippen molar-refractivity contribution in [2.24, 2.45) is 0 Å². The van der Waals surface area contributed by atoms with Gasteiger partial charge >= 0.3 is 0 Å². The standard InChI is InChI=1S/C14H17N5O/c1-19-6-7-20-13(9-19)10-2-3-11(17-8-10)12-4-5-16-14(15)18-12/h2-5,8,13H,6-7,9H2,1H3,(H2,15,16,18). The van der Waals surface area contributed by atoms with E-state index < -0.39 is 0 Å². The van der Waals surface area contributed by atoms with Gasteiger partial charge in [0.15, 0.2) is 0 Å². The van der Waals surface area contributed by atoms with Gasteiger partial charge in [-0.1, -0.05) is 6.07 Å². The van der Waals surface area contributed by atoms with E-state index in [9.17, 15) is 0 Å². The Morgan fingerprint density at radius 1 is 1.25 bits per heavy atom. The third-order valence-corrected chi connectivity index (χ3v) is 3.36. The van der Waals surface area contributed by atoms with E-state index in [4.69, 9.17) is 10.5 Å². The topological polar surface area (TPSA) is 77.2 Å². The van der Waals surface area contributed by atoms with Crippen LogP contribution in [0.4, 0.5) is 5.95 Å². The van der Waals surface area contributed by atoms with Gasteiger partial charge < -0.3 is 15.4 Å². The molecule has 0 bridgehead atoms. The van der Waals surface area contributed by atoms with E-state index in [1.54, 1.807) is 12.3 Å². The van der Waals surface area contributed by atoms with Crippen LogP contribution in [0, 0.1) is 0 Å². The van der Waals surface area contributed by atoms with Crippen molar-refractivity contribution < 1.29 is 4.74 Å². The molecule has 20 heavy (non-hydrogen) atoms. The lowest BCUT2D eigenvalue weighted by molar-refractivity contribution is -0.0210. The summed E-state index contributed by atoms with van der Waals surface area (Å²) < 4.78 is 5.77. The molecule has 1 unspecified atom stereocenters. The fraction of sp³-hybridized carbons (Fsp3) is 0.357. The number of hydrogen-bond donors (Lipinski definition) is 1. The van der Waals surface area contributed by atoms with Gasteiger partial charge in [0, 0.05) is 31.0 Å². The second kappa shape index (κ2) is 5.52. The molecular formula is C14H17N5O. The summed E-state index contributed by atoms with van der Waals surface area (Å²) in [5.74, 6) is 0.255. The molecule has 0 aliphatic carbocycles. The highest BCUT2D eigenvalue weighted by Gasteiger charge is 2.19. The Balaban J connectivity index is 1.80. The van der Waals surface area contributed by atoms with Gasteiger partial charge in [-0.2, -0.15) is 0 Å². The van der Waals surface area contributed by atoms with Crippen LogP contribution < -0.4 is 5.73 Å². The van der Waals surface area contributed by atoms with Crippen LogP contribution in [-0.4, -0.2) is 46.6 Å². The molecule has 2 N–H and O–H groups in total. The molecule has 6 heteroatoms. The number of aromatic nitrogens is 3. The van der Waals surface area contributed by atoms with E-state index in [2.05, 4.69) is 26.9 Å². The first-order valence-electron chi connectivity index (χ1n) is 6.57. The van der Waals surface area contributed by atoms with Crippen molar-refractivity contribution in [3.05, 3.63) is 36.2 Å². The Labute approximate surface area is 117 Å². The van der Waals surface area contributed by atoms with Crippen LogP contribution in [0.2, 0.25) is 0 Å². The number of ether oxygens (including phenoxy) is 1. The maximum atomic E-state index is 5.77. The quantitative estimate of drug-likeness (QED) is 0.882. The number of nitrogens with two attached hydrogens (primary N) is 1. The Morgan fingerprint density at radius 2 is 2.15 bits per heavy atom. The SMILES string of the molecule is CN1CCOC(c2ccc(-c3ccnc(N)n3)nc2)C1. The van der Waals surface area contributed by atoms with Crippen molar-refractivity contribution in [3.8, 4) is 11.4 Å². The fourth-order valence-corrected chi connectivity index (χ4v) is 2.24. The van der Waals surface area contributed by atoms with E-state index >= 15 is 0 Å². The van der Waals surface area contributed by atoms with Gasteiger partial charge in [-0.15, -0.1) is 0 Å². The molecule has 0 spiro atoms. The molecule has 6 nitrogen and oxygen atoms in total. The smallest absolute Gasteiger partial charge is 0.220 e. The molecule has 1 atom stereocenters. The number of nitrogen functional groups attached to an aromatic ring is 1. The summed E-state index contributed by atoms with van der Waals surface area (Å²) in [6.07, 6.45) is 3.56. The molecule has 3 heterocycles. The molecule has 0 saturated carbocycles. The first-order chi connectivity index (χ1) is 9.72. The van der Waals surface area contributed by atoms with Crippen molar-refractivity contribution in [3.63, 3.8) is 0 Å². The number of anilines is 1. The summed E-state index contributed by atoms with van der Waals surface area (Å²) in [7, 11) is 2.10. The molecule has 0 aromatic carbocycles. The molecule has 0 radical (unpaired) electrons. The van der Waals surface area contributed by atoms with Crippen LogP contribution in [0.15, 0.2) is 30.6 Å². The fourth-order valence-electron chi connectivity index (χ4n) is 2.24. The lowest BCUT2D eigenvalue weighted by Gasteiger charge is -2.30. The molecule has 1 aliphatic heterocycles. The monoisotopic (exact) mass is 271 g/mol. The molecule has 1 aliphatic rings. The highest BCUT2D eigenvalue weighted by atomic mass is 16.5. The van der Waals surface area contributed by atoms with Crippen LogP contribution in [0.3, 0.4) is 0 Å². The van der Waals surface area contributed by atoms with Crippen molar-refractivity contribution in [2.75, 3.05) is 32.5 Å². The molecule has 2 aromatic heterocycles. The zero-order chi connectivity index (χ0) is 13.9. The summed E-state index contributed by atoms with van der Waals surface area (Å²) >= 11 is 0. The minimum atomic E-state index is 0.0887. The molecule has 1 saturated heterocycles. The number of nitrogens with zero attached hydrogens (tertiary/aromatic N) is 4. The predicted molar refractivity (Wildman–Crippen MR) is 75.9 cm³/mol. The summed E-state index contributed by atoms with van der Waals surface area (Å²) in [5, 5.41) is 0. The van der Waals surface area contributed by atoms with Gasteiger partial charge in [0.1, 0.15) is 0 Å². The lowest BCUT2D eigenvalue weighted by Crippen LogP contribution is -2.35. The Kier molecular flexibility index (Phi) is 3.58. The third-order valence-electron chi connectivity index (χ3n) is 3.36. The van der Waals surface area contributed by atoms with E-state index in [1.807, 2.05) is 18.3 Å². The summed E-state index contributed by atoms with van der Waals surface area (Å²) in [4.78, 5) is 14.7. The van der Waals surface area contributed by atoms with Gasteiger partial charge in [0.2, 0.25) is 5.95 Å². The van der Waals surface area contributed by atoms with Crippen molar-refractivity contribution in [1.29, 1.82) is 0 Å². The van der Waals surface area contributed by atoms with Crippen LogP contribution in [-0.2, 0) is 4.74 Å². The first-order valence-corrected chi connectivity index (χ1v) is 6.57. The van der Waals surface area contributed by atoms with Gasteiger partial charge in [-0.3, -0.25) is 4.98 Å². The van der Waals surface area contributed by atoms with Gasteiger partial charge in [-0.25, -0.2) is 9.97 Å². The van der Waals surface area contributed by atoms with Crippen molar-refractivity contribution >= 4 is 5.95 Å². The Hall–Kier alpha value is -2.05. The van der Waals surface area contributed by atoms with Crippen LogP contribution >= 0.6 is 0 Å². The summed E-state index contributed by atoms with van der Waals surface area (Å²) in [6.45, 7) is 2.62. The molecule has 3 rings (SSSR count). The van der Waals surface area contributed by atoms with Gasteiger partial charge in [0.05, 0.1) is 24.1 Å². The van der Waals surface area contributed by atoms with Crippen LogP contribution in [0.25, 0.3) is 11.4 Å². The predicted octanol–water partition coefficient (Wildman–Crippen LogP) is 1.12. The van der Waals surface area contributed by atoms with Crippen molar-refractivity contribution in [1.82, 2.24) is 19.9 Å². The second-order valence-electron chi connectivity index (χ2n) is 4.90. The van der Waals surface area contributed by atoms with Gasteiger partial charge in [-0.05, 0) is 19.2 Å². The highest BCUT2D eigenvalue weighted by molar-refractivity contribution is 5.54. The molecule has 1 fully saturated rings. The number of pyridine rings is 1. The number of likely N-dealkylation sites (N-methyl/N-ethyl adjacent to an activating group) is 1. The molecule has 0 amide bonds. The van der Waals surface area contributed by atoms with E-state index in [-0.39, 0.29) is 12.1 Å². The molecule has 2 aromatic rings. The lowest BCUT2D eigenvalue weighted by atomic mass is 10.1. The van der Waals surface area contributed by atoms with Gasteiger partial charge in [0.25, 0.3) is 0 Å². The minimum absolute atomic E-state index is 0.0887. The molecular weight excluding hydrogens is 254 g/mol. The maximum Gasteiger partial charge on any atom is 0.220 e. The Bertz CT molecular complexity index is 586.